The van der Waals surface area contributed by atoms with E-state index in [1.165, 1.54) is 0 Å². The zero-order valence-electron chi connectivity index (χ0n) is 12.4. The first-order valence-corrected chi connectivity index (χ1v) is 7.27. The van der Waals surface area contributed by atoms with Gasteiger partial charge in [0, 0.05) is 24.4 Å². The van der Waals surface area contributed by atoms with Crippen LogP contribution in [0.5, 0.6) is 0 Å². The van der Waals surface area contributed by atoms with Gasteiger partial charge in [-0.25, -0.2) is 0 Å². The number of rotatable bonds is 6. The summed E-state index contributed by atoms with van der Waals surface area (Å²) in [6.45, 7) is 7.15. The number of nitrogens with two attached hydrogens (primary N) is 1. The van der Waals surface area contributed by atoms with Crippen molar-refractivity contribution < 1.29 is 10.0 Å². The highest BCUT2D eigenvalue weighted by Gasteiger charge is 2.41. The molecule has 0 bridgehead atoms. The number of hydrogen-bond acceptors (Lipinski definition) is 3. The van der Waals surface area contributed by atoms with Crippen LogP contribution in [-0.2, 0) is 4.79 Å². The van der Waals surface area contributed by atoms with Crippen LogP contribution in [0.2, 0.25) is 0 Å². The molecule has 19 heavy (non-hydrogen) atoms. The van der Waals surface area contributed by atoms with Crippen LogP contribution in [-0.4, -0.2) is 34.9 Å². The van der Waals surface area contributed by atoms with E-state index in [4.69, 9.17) is 10.9 Å². The molecule has 1 aliphatic carbocycles. The minimum absolute atomic E-state index is 0.121. The van der Waals surface area contributed by atoms with Crippen LogP contribution in [0.1, 0.15) is 52.9 Å². The summed E-state index contributed by atoms with van der Waals surface area (Å²) in [5.41, 5.74) is 5.43. The molecule has 1 amide bonds. The van der Waals surface area contributed by atoms with Gasteiger partial charge in [-0.1, -0.05) is 31.8 Å². The lowest BCUT2D eigenvalue weighted by Crippen LogP contribution is -2.45. The van der Waals surface area contributed by atoms with Crippen molar-refractivity contribution in [2.45, 2.75) is 52.9 Å². The van der Waals surface area contributed by atoms with Crippen molar-refractivity contribution in [2.75, 3.05) is 13.1 Å². The number of carbonyl (C=O) groups excluding carboxylic acids is 1. The van der Waals surface area contributed by atoms with Gasteiger partial charge in [-0.05, 0) is 26.2 Å². The van der Waals surface area contributed by atoms with Crippen LogP contribution in [0.3, 0.4) is 0 Å². The molecule has 1 unspecified atom stereocenters. The highest BCUT2D eigenvalue weighted by molar-refractivity contribution is 5.85. The predicted molar refractivity (Wildman–Crippen MR) is 76.0 cm³/mol. The molecule has 0 aromatic carbocycles. The van der Waals surface area contributed by atoms with Crippen molar-refractivity contribution in [1.29, 1.82) is 0 Å². The second-order valence-corrected chi connectivity index (χ2v) is 5.61. The summed E-state index contributed by atoms with van der Waals surface area (Å²) < 4.78 is 0. The molecule has 1 aliphatic rings. The fourth-order valence-corrected chi connectivity index (χ4v) is 2.98. The molecule has 0 saturated heterocycles. The Hall–Kier alpha value is -1.26. The SMILES string of the molecule is CCN(CC(C)C(N)=NO)C(=O)C1(CC)CCCC1. The number of oxime groups is 1. The van der Waals surface area contributed by atoms with Gasteiger partial charge in [-0.15, -0.1) is 0 Å². The fraction of sp³-hybridized carbons (Fsp3) is 0.857. The largest absolute Gasteiger partial charge is 0.409 e. The van der Waals surface area contributed by atoms with Crippen LogP contribution in [0, 0.1) is 11.3 Å². The van der Waals surface area contributed by atoms with E-state index < -0.39 is 0 Å². The third kappa shape index (κ3) is 3.39. The standard InChI is InChI=1S/C14H27N3O2/c1-4-14(8-6-7-9-14)13(18)17(5-2)10-11(3)12(15)16-19/h11,19H,4-10H2,1-3H3,(H2,15,16). The van der Waals surface area contributed by atoms with E-state index in [-0.39, 0.29) is 23.1 Å². The Morgan fingerprint density at radius 1 is 1.42 bits per heavy atom. The fourth-order valence-electron chi connectivity index (χ4n) is 2.98. The first kappa shape index (κ1) is 15.8. The number of nitrogens with zero attached hydrogens (tertiary/aromatic N) is 2. The zero-order chi connectivity index (χ0) is 14.5. The Morgan fingerprint density at radius 3 is 2.42 bits per heavy atom. The topological polar surface area (TPSA) is 78.9 Å². The molecule has 110 valence electrons. The van der Waals surface area contributed by atoms with E-state index in [0.717, 1.165) is 32.1 Å². The quantitative estimate of drug-likeness (QED) is 0.336. The maximum Gasteiger partial charge on any atom is 0.228 e. The lowest BCUT2D eigenvalue weighted by atomic mass is 9.81. The molecule has 1 atom stereocenters. The van der Waals surface area contributed by atoms with E-state index in [1.807, 2.05) is 18.7 Å². The van der Waals surface area contributed by atoms with E-state index in [2.05, 4.69) is 12.1 Å². The lowest BCUT2D eigenvalue weighted by Gasteiger charge is -2.34. The van der Waals surface area contributed by atoms with E-state index in [1.54, 1.807) is 0 Å². The molecule has 3 N–H and O–H groups in total. The average Bonchev–Trinajstić information content (AvgIpc) is 2.92. The lowest BCUT2D eigenvalue weighted by molar-refractivity contribution is -0.142. The van der Waals surface area contributed by atoms with Gasteiger partial charge in [0.1, 0.15) is 5.84 Å². The predicted octanol–water partition coefficient (Wildman–Crippen LogP) is 2.19. The zero-order valence-corrected chi connectivity index (χ0v) is 12.4. The molecule has 1 saturated carbocycles. The van der Waals surface area contributed by atoms with Crippen molar-refractivity contribution in [3.63, 3.8) is 0 Å². The van der Waals surface area contributed by atoms with Gasteiger partial charge >= 0.3 is 0 Å². The van der Waals surface area contributed by atoms with Gasteiger partial charge in [-0.2, -0.15) is 0 Å². The molecule has 0 spiro atoms. The maximum atomic E-state index is 12.8. The van der Waals surface area contributed by atoms with E-state index in [9.17, 15) is 4.79 Å². The van der Waals surface area contributed by atoms with Crippen LogP contribution < -0.4 is 5.73 Å². The van der Waals surface area contributed by atoms with Crippen LogP contribution >= 0.6 is 0 Å². The van der Waals surface area contributed by atoms with E-state index in [0.29, 0.717) is 13.1 Å². The van der Waals surface area contributed by atoms with Crippen molar-refractivity contribution in [2.24, 2.45) is 22.2 Å². The van der Waals surface area contributed by atoms with Crippen molar-refractivity contribution in [3.05, 3.63) is 0 Å². The molecule has 1 rings (SSSR count). The second kappa shape index (κ2) is 6.78. The first-order valence-electron chi connectivity index (χ1n) is 7.27. The Balaban J connectivity index is 2.76. The van der Waals surface area contributed by atoms with Gasteiger partial charge < -0.3 is 15.8 Å². The van der Waals surface area contributed by atoms with E-state index >= 15 is 0 Å². The molecular formula is C14H27N3O2. The number of carbonyl (C=O) groups is 1. The van der Waals surface area contributed by atoms with Gasteiger partial charge in [-0.3, -0.25) is 4.79 Å². The molecular weight excluding hydrogens is 242 g/mol. The molecule has 1 fully saturated rings. The number of amides is 1. The Bertz CT molecular complexity index is 336. The Labute approximate surface area is 115 Å². The smallest absolute Gasteiger partial charge is 0.228 e. The molecule has 0 heterocycles. The van der Waals surface area contributed by atoms with Gasteiger partial charge in [0.05, 0.1) is 0 Å². The van der Waals surface area contributed by atoms with Crippen molar-refractivity contribution >= 4 is 11.7 Å². The summed E-state index contributed by atoms with van der Waals surface area (Å²) in [7, 11) is 0. The average molecular weight is 269 g/mol. The minimum Gasteiger partial charge on any atom is -0.409 e. The highest BCUT2D eigenvalue weighted by Crippen LogP contribution is 2.42. The summed E-state index contributed by atoms with van der Waals surface area (Å²) >= 11 is 0. The summed E-state index contributed by atoms with van der Waals surface area (Å²) in [6, 6.07) is 0. The molecule has 5 nitrogen and oxygen atoms in total. The summed E-state index contributed by atoms with van der Waals surface area (Å²) in [6.07, 6.45) is 5.19. The molecule has 0 aliphatic heterocycles. The summed E-state index contributed by atoms with van der Waals surface area (Å²) in [4.78, 5) is 14.6. The van der Waals surface area contributed by atoms with Crippen molar-refractivity contribution in [3.8, 4) is 0 Å². The molecule has 0 aromatic heterocycles. The van der Waals surface area contributed by atoms with Crippen LogP contribution in [0.15, 0.2) is 5.16 Å². The number of amidine groups is 1. The third-order valence-electron chi connectivity index (χ3n) is 4.47. The van der Waals surface area contributed by atoms with Gasteiger partial charge in [0.15, 0.2) is 0 Å². The third-order valence-corrected chi connectivity index (χ3v) is 4.47. The Kier molecular flexibility index (Phi) is 5.63. The van der Waals surface area contributed by atoms with Crippen LogP contribution in [0.4, 0.5) is 0 Å². The Morgan fingerprint density at radius 2 is 2.00 bits per heavy atom. The monoisotopic (exact) mass is 269 g/mol. The highest BCUT2D eigenvalue weighted by atomic mass is 16.4. The maximum absolute atomic E-state index is 12.8. The minimum atomic E-state index is -0.166. The molecule has 0 radical (unpaired) electrons. The summed E-state index contributed by atoms with van der Waals surface area (Å²) in [5.74, 6) is 0.306. The number of hydrogen-bond donors (Lipinski definition) is 2. The second-order valence-electron chi connectivity index (χ2n) is 5.61. The molecule has 5 heteroatoms. The molecule has 0 aromatic rings. The van der Waals surface area contributed by atoms with Crippen LogP contribution in [0.25, 0.3) is 0 Å². The van der Waals surface area contributed by atoms with Gasteiger partial charge in [0.25, 0.3) is 0 Å². The normalized spacial score (nSPS) is 20.3. The van der Waals surface area contributed by atoms with Crippen molar-refractivity contribution in [1.82, 2.24) is 4.90 Å². The van der Waals surface area contributed by atoms with Gasteiger partial charge in [0.2, 0.25) is 5.91 Å². The first-order chi connectivity index (χ1) is 9.00. The summed E-state index contributed by atoms with van der Waals surface area (Å²) in [5, 5.41) is 11.7.